The van der Waals surface area contributed by atoms with Crippen molar-refractivity contribution in [2.75, 3.05) is 6.54 Å². The third-order valence-corrected chi connectivity index (χ3v) is 3.15. The lowest BCUT2D eigenvalue weighted by Crippen LogP contribution is -2.36. The standard InChI is InChI=1S/C16H26N2O.ClH/c1-11(2)9-13-5-7-14(8-6-13)16(12(3)4)18-15(19)10-17;/h5-8,11-12,16H,9-10,17H2,1-4H3,(H,18,19);1H. The number of hydrogen-bond acceptors (Lipinski definition) is 2. The third-order valence-electron chi connectivity index (χ3n) is 3.15. The van der Waals surface area contributed by atoms with E-state index in [1.807, 2.05) is 0 Å². The van der Waals surface area contributed by atoms with E-state index >= 15 is 0 Å². The van der Waals surface area contributed by atoms with Crippen LogP contribution in [0.3, 0.4) is 0 Å². The highest BCUT2D eigenvalue weighted by Crippen LogP contribution is 2.22. The summed E-state index contributed by atoms with van der Waals surface area (Å²) < 4.78 is 0. The highest BCUT2D eigenvalue weighted by Gasteiger charge is 2.17. The van der Waals surface area contributed by atoms with E-state index in [1.165, 1.54) is 5.56 Å². The summed E-state index contributed by atoms with van der Waals surface area (Å²) in [6, 6.07) is 8.56. The van der Waals surface area contributed by atoms with Gasteiger partial charge in [0.05, 0.1) is 12.6 Å². The van der Waals surface area contributed by atoms with Crippen molar-refractivity contribution in [3.8, 4) is 0 Å². The maximum Gasteiger partial charge on any atom is 0.234 e. The first-order chi connectivity index (χ1) is 8.93. The van der Waals surface area contributed by atoms with E-state index in [4.69, 9.17) is 5.73 Å². The monoisotopic (exact) mass is 298 g/mol. The second-order valence-corrected chi connectivity index (χ2v) is 5.83. The number of carbonyl (C=O) groups excluding carboxylic acids is 1. The molecule has 114 valence electrons. The molecule has 0 bridgehead atoms. The molecule has 3 nitrogen and oxygen atoms in total. The molecule has 1 aromatic carbocycles. The molecule has 1 atom stereocenters. The fourth-order valence-electron chi connectivity index (χ4n) is 2.20. The average Bonchev–Trinajstić information content (AvgIpc) is 2.35. The number of nitrogens with one attached hydrogen (secondary N) is 1. The maximum absolute atomic E-state index is 11.5. The molecule has 0 saturated carbocycles. The molecule has 0 aromatic heterocycles. The molecule has 0 aliphatic rings. The van der Waals surface area contributed by atoms with Crippen molar-refractivity contribution in [2.24, 2.45) is 17.6 Å². The third kappa shape index (κ3) is 5.93. The molecule has 0 spiro atoms. The summed E-state index contributed by atoms with van der Waals surface area (Å²) in [4.78, 5) is 11.5. The second-order valence-electron chi connectivity index (χ2n) is 5.83. The Bertz CT molecular complexity index is 401. The van der Waals surface area contributed by atoms with E-state index in [9.17, 15) is 4.79 Å². The molecular formula is C16H27ClN2O. The fraction of sp³-hybridized carbons (Fsp3) is 0.562. The SMILES string of the molecule is CC(C)Cc1ccc(C(NC(=O)CN)C(C)C)cc1.Cl. The molecule has 0 fully saturated rings. The van der Waals surface area contributed by atoms with Crippen molar-refractivity contribution in [2.45, 2.75) is 40.2 Å². The predicted octanol–water partition coefficient (Wildman–Crippen LogP) is 3.08. The number of benzene rings is 1. The van der Waals surface area contributed by atoms with Crippen LogP contribution >= 0.6 is 12.4 Å². The molecule has 4 heteroatoms. The number of halogens is 1. The number of amides is 1. The van der Waals surface area contributed by atoms with Crippen LogP contribution in [-0.4, -0.2) is 12.5 Å². The first kappa shape index (κ1) is 18.9. The van der Waals surface area contributed by atoms with Gasteiger partial charge in [-0.05, 0) is 29.4 Å². The number of carbonyl (C=O) groups is 1. The lowest BCUT2D eigenvalue weighted by Gasteiger charge is -2.23. The van der Waals surface area contributed by atoms with Crippen molar-refractivity contribution in [3.05, 3.63) is 35.4 Å². The van der Waals surface area contributed by atoms with Gasteiger partial charge < -0.3 is 11.1 Å². The normalized spacial score (nSPS) is 12.2. The first-order valence-electron chi connectivity index (χ1n) is 7.02. The van der Waals surface area contributed by atoms with E-state index in [0.29, 0.717) is 11.8 Å². The quantitative estimate of drug-likeness (QED) is 0.848. The summed E-state index contributed by atoms with van der Waals surface area (Å²) in [5.41, 5.74) is 7.85. The van der Waals surface area contributed by atoms with Gasteiger partial charge in [0.1, 0.15) is 0 Å². The lowest BCUT2D eigenvalue weighted by atomic mass is 9.93. The summed E-state index contributed by atoms with van der Waals surface area (Å²) in [5, 5.41) is 2.98. The predicted molar refractivity (Wildman–Crippen MR) is 87.0 cm³/mol. The lowest BCUT2D eigenvalue weighted by molar-refractivity contribution is -0.120. The zero-order valence-electron chi connectivity index (χ0n) is 12.8. The van der Waals surface area contributed by atoms with Gasteiger partial charge in [0.25, 0.3) is 0 Å². The molecule has 0 aliphatic heterocycles. The van der Waals surface area contributed by atoms with Gasteiger partial charge in [-0.25, -0.2) is 0 Å². The number of rotatable bonds is 6. The Morgan fingerprint density at radius 1 is 1.15 bits per heavy atom. The molecule has 0 saturated heterocycles. The van der Waals surface area contributed by atoms with E-state index in [1.54, 1.807) is 0 Å². The Balaban J connectivity index is 0.00000361. The average molecular weight is 299 g/mol. The topological polar surface area (TPSA) is 55.1 Å². The Labute approximate surface area is 128 Å². The maximum atomic E-state index is 11.5. The van der Waals surface area contributed by atoms with Gasteiger partial charge in [0.15, 0.2) is 0 Å². The van der Waals surface area contributed by atoms with Crippen LogP contribution in [0.1, 0.15) is 44.9 Å². The first-order valence-corrected chi connectivity index (χ1v) is 7.02. The van der Waals surface area contributed by atoms with Crippen LogP contribution in [0.15, 0.2) is 24.3 Å². The molecule has 1 amide bonds. The Morgan fingerprint density at radius 3 is 2.10 bits per heavy atom. The molecule has 0 heterocycles. The van der Waals surface area contributed by atoms with Gasteiger partial charge in [-0.1, -0.05) is 52.0 Å². The zero-order chi connectivity index (χ0) is 14.4. The van der Waals surface area contributed by atoms with Crippen LogP contribution in [0.25, 0.3) is 0 Å². The van der Waals surface area contributed by atoms with Crippen molar-refractivity contribution >= 4 is 18.3 Å². The van der Waals surface area contributed by atoms with Gasteiger partial charge >= 0.3 is 0 Å². The Morgan fingerprint density at radius 2 is 1.70 bits per heavy atom. The minimum atomic E-state index is -0.107. The van der Waals surface area contributed by atoms with Crippen LogP contribution in [0.2, 0.25) is 0 Å². The smallest absolute Gasteiger partial charge is 0.234 e. The van der Waals surface area contributed by atoms with Crippen molar-refractivity contribution in [1.29, 1.82) is 0 Å². The molecule has 3 N–H and O–H groups in total. The fourth-order valence-corrected chi connectivity index (χ4v) is 2.20. The van der Waals surface area contributed by atoms with E-state index in [0.717, 1.165) is 12.0 Å². The minimum absolute atomic E-state index is 0. The van der Waals surface area contributed by atoms with Gasteiger partial charge in [0.2, 0.25) is 5.91 Å². The summed E-state index contributed by atoms with van der Waals surface area (Å²) in [7, 11) is 0. The highest BCUT2D eigenvalue weighted by molar-refractivity contribution is 5.85. The molecular weight excluding hydrogens is 272 g/mol. The van der Waals surface area contributed by atoms with Crippen molar-refractivity contribution < 1.29 is 4.79 Å². The molecule has 1 unspecified atom stereocenters. The van der Waals surface area contributed by atoms with E-state index in [-0.39, 0.29) is 30.9 Å². The van der Waals surface area contributed by atoms with Crippen LogP contribution in [0, 0.1) is 11.8 Å². The number of nitrogens with two attached hydrogens (primary N) is 1. The van der Waals surface area contributed by atoms with Crippen LogP contribution in [0.5, 0.6) is 0 Å². The van der Waals surface area contributed by atoms with Gasteiger partial charge in [-0.2, -0.15) is 0 Å². The zero-order valence-corrected chi connectivity index (χ0v) is 13.7. The van der Waals surface area contributed by atoms with Crippen LogP contribution in [-0.2, 0) is 11.2 Å². The van der Waals surface area contributed by atoms with Crippen molar-refractivity contribution in [1.82, 2.24) is 5.32 Å². The summed E-state index contributed by atoms with van der Waals surface area (Å²) >= 11 is 0. The highest BCUT2D eigenvalue weighted by atomic mass is 35.5. The largest absolute Gasteiger partial charge is 0.348 e. The van der Waals surface area contributed by atoms with Gasteiger partial charge in [-0.15, -0.1) is 12.4 Å². The molecule has 0 radical (unpaired) electrons. The Kier molecular flexibility index (Phi) is 8.51. The Hall–Kier alpha value is -1.06. The van der Waals surface area contributed by atoms with Gasteiger partial charge in [-0.3, -0.25) is 4.79 Å². The van der Waals surface area contributed by atoms with Gasteiger partial charge in [0, 0.05) is 0 Å². The summed E-state index contributed by atoms with van der Waals surface area (Å²) in [6.45, 7) is 8.67. The van der Waals surface area contributed by atoms with Crippen molar-refractivity contribution in [3.63, 3.8) is 0 Å². The van der Waals surface area contributed by atoms with Crippen LogP contribution < -0.4 is 11.1 Å². The second kappa shape index (κ2) is 8.98. The summed E-state index contributed by atoms with van der Waals surface area (Å²) in [6.07, 6.45) is 1.09. The number of hydrogen-bond donors (Lipinski definition) is 2. The van der Waals surface area contributed by atoms with E-state index < -0.39 is 0 Å². The molecule has 20 heavy (non-hydrogen) atoms. The molecule has 1 aromatic rings. The minimum Gasteiger partial charge on any atom is -0.348 e. The molecule has 0 aliphatic carbocycles. The summed E-state index contributed by atoms with van der Waals surface area (Å²) in [5.74, 6) is 0.889. The van der Waals surface area contributed by atoms with Crippen LogP contribution in [0.4, 0.5) is 0 Å². The molecule has 1 rings (SSSR count). The van der Waals surface area contributed by atoms with E-state index in [2.05, 4.69) is 57.3 Å².